The second kappa shape index (κ2) is 2.65. The highest BCUT2D eigenvalue weighted by atomic mass is 32.5. The fourth-order valence-electron chi connectivity index (χ4n) is 1.03. The summed E-state index contributed by atoms with van der Waals surface area (Å²) in [5, 5.41) is 10.3. The van der Waals surface area contributed by atoms with E-state index in [9.17, 15) is 29.5 Å². The summed E-state index contributed by atoms with van der Waals surface area (Å²) >= 11 is 0. The Morgan fingerprint density at radius 1 is 1.19 bits per heavy atom. The standard InChI is InChI=1S/C7H6F5NO2S/c1-5-2-3-6(4-7(5)13(14)15)16(8,9,10,11)12/h2-4H,1H3. The van der Waals surface area contributed by atoms with E-state index in [0.717, 1.165) is 6.92 Å². The first-order valence-electron chi connectivity index (χ1n) is 3.80. The SMILES string of the molecule is Cc1ccc(S(F)(F)(F)(F)F)cc1[N+](=O)[O-]. The molecule has 0 saturated carbocycles. The summed E-state index contributed by atoms with van der Waals surface area (Å²) in [6.45, 7) is 1.16. The van der Waals surface area contributed by atoms with E-state index in [1.165, 1.54) is 0 Å². The number of rotatable bonds is 2. The number of nitro benzene ring substituents is 1. The predicted molar refractivity (Wildman–Crippen MR) is 49.2 cm³/mol. The summed E-state index contributed by atoms with van der Waals surface area (Å²) in [6.07, 6.45) is 0. The van der Waals surface area contributed by atoms with Gasteiger partial charge in [0.25, 0.3) is 5.69 Å². The Bertz CT molecular complexity index is 469. The molecule has 1 rings (SSSR count). The third-order valence-corrected chi connectivity index (χ3v) is 2.97. The van der Waals surface area contributed by atoms with Crippen molar-refractivity contribution in [3.63, 3.8) is 0 Å². The van der Waals surface area contributed by atoms with Gasteiger partial charge in [-0.1, -0.05) is 25.5 Å². The molecule has 0 atom stereocenters. The number of hydrogen-bond acceptors (Lipinski definition) is 2. The molecule has 0 heterocycles. The molecule has 0 radical (unpaired) electrons. The van der Waals surface area contributed by atoms with Crippen LogP contribution in [0.4, 0.5) is 25.1 Å². The summed E-state index contributed by atoms with van der Waals surface area (Å²) in [7, 11) is -9.84. The first-order chi connectivity index (χ1) is 6.81. The van der Waals surface area contributed by atoms with Crippen LogP contribution in [-0.2, 0) is 0 Å². The zero-order chi connectivity index (χ0) is 12.8. The van der Waals surface area contributed by atoms with Crippen LogP contribution in [0.25, 0.3) is 0 Å². The molecule has 9 heteroatoms. The maximum Gasteiger partial charge on any atom is 0.310 e. The zero-order valence-corrected chi connectivity index (χ0v) is 8.61. The molecule has 0 aromatic heterocycles. The van der Waals surface area contributed by atoms with Crippen LogP contribution in [0.2, 0.25) is 0 Å². The highest BCUT2D eigenvalue weighted by Gasteiger charge is 2.65. The molecule has 92 valence electrons. The van der Waals surface area contributed by atoms with E-state index in [4.69, 9.17) is 0 Å². The van der Waals surface area contributed by atoms with Crippen LogP contribution in [0.5, 0.6) is 0 Å². The Balaban J connectivity index is 3.54. The summed E-state index contributed by atoms with van der Waals surface area (Å²) in [5.74, 6) is 0. The second-order valence-electron chi connectivity index (χ2n) is 3.17. The molecule has 0 amide bonds. The van der Waals surface area contributed by atoms with Crippen molar-refractivity contribution in [2.24, 2.45) is 0 Å². The van der Waals surface area contributed by atoms with Crippen LogP contribution in [0, 0.1) is 17.0 Å². The van der Waals surface area contributed by atoms with Crippen LogP contribution in [0.1, 0.15) is 5.56 Å². The lowest BCUT2D eigenvalue weighted by molar-refractivity contribution is -0.385. The van der Waals surface area contributed by atoms with E-state index in [1.807, 2.05) is 0 Å². The fraction of sp³-hybridized carbons (Fsp3) is 0.143. The number of nitrogens with zero attached hydrogens (tertiary/aromatic N) is 1. The lowest BCUT2D eigenvalue weighted by Crippen LogP contribution is -2.07. The Kier molecular flexibility index (Phi) is 2.10. The minimum absolute atomic E-state index is 0.115. The average molecular weight is 263 g/mol. The Labute approximate surface area is 86.7 Å². The molecule has 1 aromatic carbocycles. The van der Waals surface area contributed by atoms with Crippen LogP contribution < -0.4 is 0 Å². The number of halogens is 5. The van der Waals surface area contributed by atoms with E-state index in [0.29, 0.717) is 6.07 Å². The van der Waals surface area contributed by atoms with E-state index < -0.39 is 25.7 Å². The van der Waals surface area contributed by atoms with Gasteiger partial charge in [0.15, 0.2) is 0 Å². The topological polar surface area (TPSA) is 43.1 Å². The lowest BCUT2D eigenvalue weighted by Gasteiger charge is -2.40. The monoisotopic (exact) mass is 263 g/mol. The molecular weight excluding hydrogens is 257 g/mol. The van der Waals surface area contributed by atoms with Gasteiger partial charge in [0.1, 0.15) is 4.90 Å². The van der Waals surface area contributed by atoms with Gasteiger partial charge in [-0.05, 0) is 13.0 Å². The van der Waals surface area contributed by atoms with Crippen molar-refractivity contribution < 1.29 is 24.4 Å². The van der Waals surface area contributed by atoms with Crippen molar-refractivity contribution in [1.29, 1.82) is 0 Å². The van der Waals surface area contributed by atoms with Crippen molar-refractivity contribution >= 4 is 15.9 Å². The molecular formula is C7H6F5NO2S. The highest BCUT2D eigenvalue weighted by molar-refractivity contribution is 8.45. The molecule has 0 N–H and O–H groups in total. The van der Waals surface area contributed by atoms with Crippen molar-refractivity contribution in [3.05, 3.63) is 33.9 Å². The molecule has 16 heavy (non-hydrogen) atoms. The first-order valence-corrected chi connectivity index (χ1v) is 5.75. The smallest absolute Gasteiger partial charge is 0.258 e. The molecule has 0 unspecified atom stereocenters. The Morgan fingerprint density at radius 2 is 1.69 bits per heavy atom. The summed E-state index contributed by atoms with van der Waals surface area (Å²) in [6, 6.07) is 0.645. The minimum atomic E-state index is -9.84. The quantitative estimate of drug-likeness (QED) is 0.446. The third kappa shape index (κ3) is 2.60. The fourth-order valence-corrected chi connectivity index (χ4v) is 1.69. The van der Waals surface area contributed by atoms with Crippen molar-refractivity contribution in [2.45, 2.75) is 11.8 Å². The maximum atomic E-state index is 12.3. The summed E-state index contributed by atoms with van der Waals surface area (Å²) in [5.41, 5.74) is -1.10. The van der Waals surface area contributed by atoms with E-state index in [-0.39, 0.29) is 17.7 Å². The Hall–Kier alpha value is -1.38. The molecule has 0 aliphatic rings. The van der Waals surface area contributed by atoms with Gasteiger partial charge >= 0.3 is 10.2 Å². The predicted octanol–water partition coefficient (Wildman–Crippen LogP) is 4.56. The zero-order valence-electron chi connectivity index (χ0n) is 7.79. The second-order valence-corrected chi connectivity index (χ2v) is 5.58. The summed E-state index contributed by atoms with van der Waals surface area (Å²) < 4.78 is 61.5. The van der Waals surface area contributed by atoms with Gasteiger partial charge in [0, 0.05) is 11.6 Å². The van der Waals surface area contributed by atoms with E-state index >= 15 is 0 Å². The van der Waals surface area contributed by atoms with Gasteiger partial charge < -0.3 is 0 Å². The van der Waals surface area contributed by atoms with Crippen molar-refractivity contribution in [3.8, 4) is 0 Å². The minimum Gasteiger partial charge on any atom is -0.258 e. The van der Waals surface area contributed by atoms with Gasteiger partial charge in [-0.25, -0.2) is 0 Å². The third-order valence-electron chi connectivity index (χ3n) is 1.82. The maximum absolute atomic E-state index is 12.3. The first kappa shape index (κ1) is 12.7. The van der Waals surface area contributed by atoms with Gasteiger partial charge in [-0.2, -0.15) is 0 Å². The van der Waals surface area contributed by atoms with E-state index in [2.05, 4.69) is 0 Å². The molecule has 0 saturated heterocycles. The van der Waals surface area contributed by atoms with Gasteiger partial charge in [-0.15, -0.1) is 0 Å². The van der Waals surface area contributed by atoms with Crippen molar-refractivity contribution in [1.82, 2.24) is 0 Å². The number of nitro groups is 1. The largest absolute Gasteiger partial charge is 0.310 e. The number of hydrogen-bond donors (Lipinski definition) is 0. The Morgan fingerprint density at radius 3 is 2.06 bits per heavy atom. The molecule has 3 nitrogen and oxygen atoms in total. The van der Waals surface area contributed by atoms with Crippen LogP contribution in [-0.4, -0.2) is 4.92 Å². The molecule has 0 spiro atoms. The van der Waals surface area contributed by atoms with Crippen molar-refractivity contribution in [2.75, 3.05) is 0 Å². The lowest BCUT2D eigenvalue weighted by atomic mass is 10.2. The van der Waals surface area contributed by atoms with Gasteiger partial charge in [-0.3, -0.25) is 10.1 Å². The molecule has 0 aliphatic heterocycles. The molecule has 1 aromatic rings. The van der Waals surface area contributed by atoms with Crippen LogP contribution in [0.3, 0.4) is 0 Å². The van der Waals surface area contributed by atoms with Gasteiger partial charge in [0.05, 0.1) is 4.92 Å². The van der Waals surface area contributed by atoms with Crippen LogP contribution >= 0.6 is 10.2 Å². The van der Waals surface area contributed by atoms with Crippen LogP contribution in [0.15, 0.2) is 23.1 Å². The number of benzene rings is 1. The summed E-state index contributed by atoms with van der Waals surface area (Å²) in [4.78, 5) is 6.93. The van der Waals surface area contributed by atoms with Gasteiger partial charge in [0.2, 0.25) is 0 Å². The average Bonchev–Trinajstić information content (AvgIpc) is 1.99. The number of aryl methyl sites for hydroxylation is 1. The molecule has 0 aliphatic carbocycles. The molecule has 0 fully saturated rings. The highest BCUT2D eigenvalue weighted by Crippen LogP contribution is 3.02. The van der Waals surface area contributed by atoms with E-state index in [1.54, 1.807) is 0 Å². The molecule has 0 bridgehead atoms. The normalized spacial score (nSPS) is 16.4.